The molecule has 0 aliphatic heterocycles. The lowest BCUT2D eigenvalue weighted by Gasteiger charge is -2.26. The van der Waals surface area contributed by atoms with Crippen LogP contribution in [0.1, 0.15) is 67.4 Å². The Labute approximate surface area is 115 Å². The third-order valence-electron chi connectivity index (χ3n) is 4.18. The van der Waals surface area contributed by atoms with Gasteiger partial charge >= 0.3 is 0 Å². The van der Waals surface area contributed by atoms with Crippen LogP contribution in [0.15, 0.2) is 0 Å². The first-order chi connectivity index (χ1) is 8.78. The van der Waals surface area contributed by atoms with E-state index in [1.54, 1.807) is 0 Å². The van der Waals surface area contributed by atoms with Crippen molar-refractivity contribution >= 4 is 11.3 Å². The molecule has 1 heterocycles. The first-order valence-corrected chi connectivity index (χ1v) is 8.23. The smallest absolute Gasteiger partial charge is 0.0962 e. The highest BCUT2D eigenvalue weighted by Gasteiger charge is 2.25. The van der Waals surface area contributed by atoms with E-state index in [2.05, 4.69) is 19.2 Å². The Morgan fingerprint density at radius 3 is 2.83 bits per heavy atom. The highest BCUT2D eigenvalue weighted by atomic mass is 32.1. The summed E-state index contributed by atoms with van der Waals surface area (Å²) in [6.07, 6.45) is 7.95. The number of thiazole rings is 1. The highest BCUT2D eigenvalue weighted by Crippen LogP contribution is 2.39. The highest BCUT2D eigenvalue weighted by molar-refractivity contribution is 7.11. The van der Waals surface area contributed by atoms with E-state index in [0.717, 1.165) is 24.8 Å². The molecule has 1 aliphatic carbocycles. The molecule has 18 heavy (non-hydrogen) atoms. The lowest BCUT2D eigenvalue weighted by atomic mass is 9.80. The van der Waals surface area contributed by atoms with Gasteiger partial charge in [0.05, 0.1) is 10.7 Å². The standard InChI is InChI=1S/C15H26N2S/c1-4-11-7-6-8-12(9-11)15-17-13(5-2)14(18-15)10-16-3/h11-12,16H,4-10H2,1-3H3. The summed E-state index contributed by atoms with van der Waals surface area (Å²) in [5, 5.41) is 4.68. The lowest BCUT2D eigenvalue weighted by Crippen LogP contribution is -2.13. The van der Waals surface area contributed by atoms with Crippen molar-refractivity contribution in [1.29, 1.82) is 0 Å². The fourth-order valence-electron chi connectivity index (χ4n) is 3.04. The fourth-order valence-corrected chi connectivity index (χ4v) is 4.35. The molecule has 1 aromatic heterocycles. The molecule has 0 saturated heterocycles. The summed E-state index contributed by atoms with van der Waals surface area (Å²) in [5.41, 5.74) is 1.32. The number of nitrogens with zero attached hydrogens (tertiary/aromatic N) is 1. The van der Waals surface area contributed by atoms with Crippen LogP contribution in [0.4, 0.5) is 0 Å². The molecular formula is C15H26N2S. The van der Waals surface area contributed by atoms with Gasteiger partial charge in [0.1, 0.15) is 0 Å². The van der Waals surface area contributed by atoms with Crippen LogP contribution < -0.4 is 5.32 Å². The molecule has 0 radical (unpaired) electrons. The van der Waals surface area contributed by atoms with Crippen molar-refractivity contribution in [2.75, 3.05) is 7.05 Å². The van der Waals surface area contributed by atoms with Gasteiger partial charge in [-0.1, -0.05) is 33.1 Å². The van der Waals surface area contributed by atoms with E-state index in [1.807, 2.05) is 18.4 Å². The number of aromatic nitrogens is 1. The van der Waals surface area contributed by atoms with Gasteiger partial charge in [0.15, 0.2) is 0 Å². The molecule has 2 nitrogen and oxygen atoms in total. The van der Waals surface area contributed by atoms with Crippen LogP contribution in [-0.2, 0) is 13.0 Å². The van der Waals surface area contributed by atoms with Gasteiger partial charge in [-0.25, -0.2) is 4.98 Å². The van der Waals surface area contributed by atoms with Gasteiger partial charge in [-0.05, 0) is 32.2 Å². The molecule has 0 aromatic carbocycles. The van der Waals surface area contributed by atoms with Gasteiger partial charge in [0, 0.05) is 17.3 Å². The molecule has 3 heteroatoms. The zero-order valence-electron chi connectivity index (χ0n) is 12.0. The third kappa shape index (κ3) is 3.12. The van der Waals surface area contributed by atoms with Crippen LogP contribution in [0.25, 0.3) is 0 Å². The maximum atomic E-state index is 4.92. The van der Waals surface area contributed by atoms with Crippen LogP contribution in [0, 0.1) is 5.92 Å². The van der Waals surface area contributed by atoms with Gasteiger partial charge in [-0.15, -0.1) is 11.3 Å². The molecule has 2 rings (SSSR count). The summed E-state index contributed by atoms with van der Waals surface area (Å²) in [6.45, 7) is 5.53. The average Bonchev–Trinajstić information content (AvgIpc) is 2.82. The molecule has 2 unspecified atom stereocenters. The Morgan fingerprint density at radius 1 is 1.33 bits per heavy atom. The topological polar surface area (TPSA) is 24.9 Å². The van der Waals surface area contributed by atoms with Crippen LogP contribution in [0.5, 0.6) is 0 Å². The summed E-state index contributed by atoms with van der Waals surface area (Å²) in [6, 6.07) is 0. The first kappa shape index (κ1) is 14.0. The van der Waals surface area contributed by atoms with Gasteiger partial charge in [-0.3, -0.25) is 0 Å². The van der Waals surface area contributed by atoms with Gasteiger partial charge in [-0.2, -0.15) is 0 Å². The van der Waals surface area contributed by atoms with E-state index < -0.39 is 0 Å². The van der Waals surface area contributed by atoms with E-state index in [1.165, 1.54) is 47.7 Å². The monoisotopic (exact) mass is 266 g/mol. The molecule has 0 amide bonds. The van der Waals surface area contributed by atoms with E-state index >= 15 is 0 Å². The van der Waals surface area contributed by atoms with Crippen LogP contribution >= 0.6 is 11.3 Å². The van der Waals surface area contributed by atoms with Crippen molar-refractivity contribution < 1.29 is 0 Å². The Balaban J connectivity index is 2.12. The van der Waals surface area contributed by atoms with E-state index in [0.29, 0.717) is 0 Å². The SMILES string of the molecule is CCc1nc(C2CCCC(CC)C2)sc1CNC. The summed E-state index contributed by atoms with van der Waals surface area (Å²) in [4.78, 5) is 6.37. The molecule has 1 saturated carbocycles. The van der Waals surface area contributed by atoms with Crippen molar-refractivity contribution in [3.05, 3.63) is 15.6 Å². The van der Waals surface area contributed by atoms with Crippen molar-refractivity contribution in [2.45, 2.75) is 64.8 Å². The minimum absolute atomic E-state index is 0.740. The predicted molar refractivity (Wildman–Crippen MR) is 79.2 cm³/mol. The largest absolute Gasteiger partial charge is 0.315 e. The molecule has 1 N–H and O–H groups in total. The maximum Gasteiger partial charge on any atom is 0.0962 e. The number of rotatable bonds is 5. The molecule has 1 aliphatic rings. The number of hydrogen-bond donors (Lipinski definition) is 1. The normalized spacial score (nSPS) is 24.4. The minimum Gasteiger partial charge on any atom is -0.315 e. The quantitative estimate of drug-likeness (QED) is 0.867. The van der Waals surface area contributed by atoms with Crippen LogP contribution in [0.2, 0.25) is 0 Å². The fraction of sp³-hybridized carbons (Fsp3) is 0.800. The number of hydrogen-bond acceptors (Lipinski definition) is 3. The zero-order chi connectivity index (χ0) is 13.0. The van der Waals surface area contributed by atoms with Crippen molar-refractivity contribution in [3.63, 3.8) is 0 Å². The Kier molecular flexibility index (Phi) is 5.19. The molecule has 102 valence electrons. The number of aryl methyl sites for hydroxylation is 1. The average molecular weight is 266 g/mol. The summed E-state index contributed by atoms with van der Waals surface area (Å²) in [7, 11) is 2.02. The molecule has 1 aromatic rings. The van der Waals surface area contributed by atoms with E-state index in [9.17, 15) is 0 Å². The molecule has 1 fully saturated rings. The Bertz CT molecular complexity index is 373. The van der Waals surface area contributed by atoms with Gasteiger partial charge in [0.25, 0.3) is 0 Å². The van der Waals surface area contributed by atoms with E-state index in [-0.39, 0.29) is 0 Å². The zero-order valence-corrected chi connectivity index (χ0v) is 12.8. The first-order valence-electron chi connectivity index (χ1n) is 7.41. The molecule has 2 atom stereocenters. The Hall–Kier alpha value is -0.410. The second-order valence-electron chi connectivity index (χ2n) is 5.44. The predicted octanol–water partition coefficient (Wildman–Crippen LogP) is 4.11. The third-order valence-corrected chi connectivity index (χ3v) is 5.44. The summed E-state index contributed by atoms with van der Waals surface area (Å²) >= 11 is 1.95. The number of nitrogens with one attached hydrogen (secondary N) is 1. The van der Waals surface area contributed by atoms with Crippen LogP contribution in [-0.4, -0.2) is 12.0 Å². The summed E-state index contributed by atoms with van der Waals surface area (Å²) in [5.74, 6) is 1.68. The minimum atomic E-state index is 0.740. The Morgan fingerprint density at radius 2 is 2.17 bits per heavy atom. The lowest BCUT2D eigenvalue weighted by molar-refractivity contribution is 0.314. The van der Waals surface area contributed by atoms with Crippen molar-refractivity contribution in [1.82, 2.24) is 10.3 Å². The van der Waals surface area contributed by atoms with Crippen molar-refractivity contribution in [2.24, 2.45) is 5.92 Å². The summed E-state index contributed by atoms with van der Waals surface area (Å²) < 4.78 is 0. The molecule has 0 spiro atoms. The maximum absolute atomic E-state index is 4.92. The van der Waals surface area contributed by atoms with Crippen molar-refractivity contribution in [3.8, 4) is 0 Å². The second-order valence-corrected chi connectivity index (χ2v) is 6.56. The van der Waals surface area contributed by atoms with Gasteiger partial charge < -0.3 is 5.32 Å². The van der Waals surface area contributed by atoms with E-state index in [4.69, 9.17) is 4.98 Å². The molecule has 0 bridgehead atoms. The van der Waals surface area contributed by atoms with Gasteiger partial charge in [0.2, 0.25) is 0 Å². The van der Waals surface area contributed by atoms with Crippen LogP contribution in [0.3, 0.4) is 0 Å². The second kappa shape index (κ2) is 6.67. The molecular weight excluding hydrogens is 240 g/mol.